The second-order valence-electron chi connectivity index (χ2n) is 8.60. The number of nitrogens with zero attached hydrogens (tertiary/aromatic N) is 3. The maximum Gasteiger partial charge on any atom is 0.268 e. The summed E-state index contributed by atoms with van der Waals surface area (Å²) in [6.45, 7) is 5.97. The van der Waals surface area contributed by atoms with Crippen LogP contribution in [-0.4, -0.2) is 54.6 Å². The van der Waals surface area contributed by atoms with Crippen LogP contribution in [0.3, 0.4) is 0 Å². The number of ether oxygens (including phenoxy) is 2. The van der Waals surface area contributed by atoms with Crippen LogP contribution in [0.1, 0.15) is 41.8 Å². The highest BCUT2D eigenvalue weighted by molar-refractivity contribution is 6.10. The van der Waals surface area contributed by atoms with Gasteiger partial charge < -0.3 is 18.9 Å². The van der Waals surface area contributed by atoms with Gasteiger partial charge in [0.05, 0.1) is 12.2 Å². The van der Waals surface area contributed by atoms with Crippen LogP contribution in [0.15, 0.2) is 41.3 Å². The average Bonchev–Trinajstić information content (AvgIpc) is 2.81. The van der Waals surface area contributed by atoms with Gasteiger partial charge in [0.25, 0.3) is 11.5 Å². The van der Waals surface area contributed by atoms with E-state index in [9.17, 15) is 19.6 Å². The summed E-state index contributed by atoms with van der Waals surface area (Å²) in [6.07, 6.45) is 2.52. The molecule has 2 unspecified atom stereocenters. The van der Waals surface area contributed by atoms with Crippen LogP contribution in [-0.2, 0) is 16.1 Å². The van der Waals surface area contributed by atoms with Crippen LogP contribution in [0.25, 0.3) is 0 Å². The lowest BCUT2D eigenvalue weighted by Gasteiger charge is -2.34. The van der Waals surface area contributed by atoms with Crippen molar-refractivity contribution in [3.8, 4) is 11.8 Å². The Morgan fingerprint density at radius 3 is 2.55 bits per heavy atom. The number of pyridine rings is 1. The molecule has 1 saturated heterocycles. The summed E-state index contributed by atoms with van der Waals surface area (Å²) in [4.78, 5) is 40.2. The largest absolute Gasteiger partial charge is 0.483 e. The Morgan fingerprint density at radius 1 is 1.18 bits per heavy atom. The van der Waals surface area contributed by atoms with Crippen molar-refractivity contribution in [1.29, 1.82) is 5.26 Å². The molecule has 1 aromatic heterocycles. The van der Waals surface area contributed by atoms with Gasteiger partial charge in [-0.3, -0.25) is 14.4 Å². The van der Waals surface area contributed by atoms with Gasteiger partial charge >= 0.3 is 0 Å². The number of ketones is 1. The number of carbonyl (C=O) groups excluding carboxylic acids is 2. The first kappa shape index (κ1) is 24.2. The van der Waals surface area contributed by atoms with Gasteiger partial charge in [0.1, 0.15) is 17.4 Å². The molecule has 2 aromatic rings. The van der Waals surface area contributed by atoms with Crippen molar-refractivity contribution < 1.29 is 19.1 Å². The van der Waals surface area contributed by atoms with Gasteiger partial charge in [-0.15, -0.1) is 0 Å². The van der Waals surface area contributed by atoms with E-state index in [2.05, 4.69) is 13.8 Å². The Morgan fingerprint density at radius 2 is 1.88 bits per heavy atom. The maximum atomic E-state index is 13.3. The van der Waals surface area contributed by atoms with Crippen LogP contribution >= 0.6 is 0 Å². The Bertz CT molecular complexity index is 1110. The lowest BCUT2D eigenvalue weighted by molar-refractivity contribution is -0.136. The molecule has 174 valence electrons. The summed E-state index contributed by atoms with van der Waals surface area (Å²) in [6, 6.07) is 9.79. The van der Waals surface area contributed by atoms with Crippen LogP contribution in [0, 0.1) is 23.2 Å². The normalized spacial score (nSPS) is 17.9. The van der Waals surface area contributed by atoms with E-state index in [-0.39, 0.29) is 48.1 Å². The molecule has 1 aliphatic heterocycles. The van der Waals surface area contributed by atoms with Crippen molar-refractivity contribution in [3.63, 3.8) is 0 Å². The van der Waals surface area contributed by atoms with E-state index >= 15 is 0 Å². The topological polar surface area (TPSA) is 102 Å². The monoisotopic (exact) mass is 451 g/mol. The first-order valence-corrected chi connectivity index (χ1v) is 11.0. The second kappa shape index (κ2) is 10.9. The van der Waals surface area contributed by atoms with Gasteiger partial charge in [-0.05, 0) is 36.5 Å². The van der Waals surface area contributed by atoms with Crippen molar-refractivity contribution in [3.05, 3.63) is 63.6 Å². The molecular formula is C25H29N3O5. The number of benzene rings is 1. The Kier molecular flexibility index (Phi) is 8.01. The minimum Gasteiger partial charge on any atom is -0.483 e. The molecule has 0 spiro atoms. The van der Waals surface area contributed by atoms with Crippen molar-refractivity contribution in [1.82, 2.24) is 9.47 Å². The molecule has 8 nitrogen and oxygen atoms in total. The lowest BCUT2D eigenvalue weighted by atomic mass is 9.92. The van der Waals surface area contributed by atoms with Crippen LogP contribution in [0.5, 0.6) is 5.75 Å². The standard InChI is InChI=1S/C25H29N3O5/c1-17-10-18(2)14-28(13-17)23(29)16-33-22-7-5-4-6-21(22)24(30)20-11-19(12-26)25(31)27(15-20)8-9-32-3/h4-7,11,15,17-18H,8-10,13-14,16H2,1-3H3. The van der Waals surface area contributed by atoms with Crippen LogP contribution < -0.4 is 10.3 Å². The molecule has 1 amide bonds. The van der Waals surface area contributed by atoms with Crippen molar-refractivity contribution in [2.24, 2.45) is 11.8 Å². The molecule has 0 aliphatic carbocycles. The molecule has 3 rings (SSSR count). The number of hydrogen-bond acceptors (Lipinski definition) is 6. The number of nitriles is 1. The van der Waals surface area contributed by atoms with Crippen molar-refractivity contribution in [2.45, 2.75) is 26.8 Å². The molecule has 0 bridgehead atoms. The Hall–Kier alpha value is -3.44. The van der Waals surface area contributed by atoms with E-state index in [1.165, 1.54) is 23.9 Å². The molecule has 1 aliphatic rings. The van der Waals surface area contributed by atoms with Gasteiger partial charge in [-0.2, -0.15) is 5.26 Å². The van der Waals surface area contributed by atoms with Gasteiger partial charge in [0.2, 0.25) is 0 Å². The van der Waals surface area contributed by atoms with E-state index in [1.54, 1.807) is 24.3 Å². The zero-order chi connectivity index (χ0) is 24.0. The fraction of sp³-hybridized carbons (Fsp3) is 0.440. The molecule has 0 saturated carbocycles. The summed E-state index contributed by atoms with van der Waals surface area (Å²) in [5.41, 5.74) is -0.167. The molecular weight excluding hydrogens is 422 g/mol. The van der Waals surface area contributed by atoms with Gasteiger partial charge in [0.15, 0.2) is 12.4 Å². The van der Waals surface area contributed by atoms with Crippen LogP contribution in [0.2, 0.25) is 0 Å². The number of methoxy groups -OCH3 is 1. The minimum atomic E-state index is -0.480. The summed E-state index contributed by atoms with van der Waals surface area (Å²) in [7, 11) is 1.51. The molecule has 2 atom stereocenters. The van der Waals surface area contributed by atoms with Gasteiger partial charge in [0, 0.05) is 38.5 Å². The van der Waals surface area contributed by atoms with Crippen LogP contribution in [0.4, 0.5) is 0 Å². The van der Waals surface area contributed by atoms with Gasteiger partial charge in [-0.1, -0.05) is 26.0 Å². The number of para-hydroxylation sites is 1. The van der Waals surface area contributed by atoms with E-state index in [0.717, 1.165) is 6.42 Å². The molecule has 1 fully saturated rings. The van der Waals surface area contributed by atoms with E-state index in [1.807, 2.05) is 11.0 Å². The Labute approximate surface area is 193 Å². The van der Waals surface area contributed by atoms with E-state index < -0.39 is 11.3 Å². The number of aromatic nitrogens is 1. The van der Waals surface area contributed by atoms with Crippen molar-refractivity contribution >= 4 is 11.7 Å². The predicted molar refractivity (Wildman–Crippen MR) is 122 cm³/mol. The van der Waals surface area contributed by atoms with Gasteiger partial charge in [-0.25, -0.2) is 0 Å². The number of likely N-dealkylation sites (tertiary alicyclic amines) is 1. The molecule has 33 heavy (non-hydrogen) atoms. The van der Waals surface area contributed by atoms with E-state index in [4.69, 9.17) is 9.47 Å². The minimum absolute atomic E-state index is 0.115. The first-order valence-electron chi connectivity index (χ1n) is 11.0. The zero-order valence-electron chi connectivity index (χ0n) is 19.2. The number of carbonyl (C=O) groups is 2. The smallest absolute Gasteiger partial charge is 0.268 e. The maximum absolute atomic E-state index is 13.3. The number of rotatable bonds is 8. The molecule has 0 radical (unpaired) electrons. The molecule has 8 heteroatoms. The third-order valence-electron chi connectivity index (χ3n) is 5.71. The quantitative estimate of drug-likeness (QED) is 0.572. The predicted octanol–water partition coefficient (Wildman–Crippen LogP) is 2.48. The SMILES string of the molecule is COCCn1cc(C(=O)c2ccccc2OCC(=O)N2CC(C)CC(C)C2)cc(C#N)c1=O. The number of hydrogen-bond donors (Lipinski definition) is 0. The fourth-order valence-electron chi connectivity index (χ4n) is 4.23. The summed E-state index contributed by atoms with van der Waals surface area (Å²) < 4.78 is 12.1. The summed E-state index contributed by atoms with van der Waals surface area (Å²) in [5, 5.41) is 9.33. The van der Waals surface area contributed by atoms with E-state index in [0.29, 0.717) is 24.9 Å². The third-order valence-corrected chi connectivity index (χ3v) is 5.71. The van der Waals surface area contributed by atoms with Crippen molar-refractivity contribution in [2.75, 3.05) is 33.4 Å². The third kappa shape index (κ3) is 5.88. The Balaban J connectivity index is 1.81. The lowest BCUT2D eigenvalue weighted by Crippen LogP contribution is -2.44. The number of piperidine rings is 1. The highest BCUT2D eigenvalue weighted by Crippen LogP contribution is 2.23. The summed E-state index contributed by atoms with van der Waals surface area (Å²) in [5.74, 6) is 0.642. The summed E-state index contributed by atoms with van der Waals surface area (Å²) >= 11 is 0. The molecule has 1 aromatic carbocycles. The number of amides is 1. The molecule has 2 heterocycles. The highest BCUT2D eigenvalue weighted by Gasteiger charge is 2.26. The fourth-order valence-corrected chi connectivity index (χ4v) is 4.23. The zero-order valence-corrected chi connectivity index (χ0v) is 19.2. The highest BCUT2D eigenvalue weighted by atomic mass is 16.5. The molecule has 0 N–H and O–H groups in total. The average molecular weight is 452 g/mol. The first-order chi connectivity index (χ1) is 15.8. The second-order valence-corrected chi connectivity index (χ2v) is 8.60.